The summed E-state index contributed by atoms with van der Waals surface area (Å²) in [6.07, 6.45) is 0. The number of nitrogens with one attached hydrogen (secondary N) is 2. The lowest BCUT2D eigenvalue weighted by atomic mass is 10.4. The lowest BCUT2D eigenvalue weighted by Crippen LogP contribution is -2.36. The van der Waals surface area contributed by atoms with Crippen LogP contribution in [0.5, 0.6) is 0 Å². The Morgan fingerprint density at radius 3 is 2.71 bits per heavy atom. The van der Waals surface area contributed by atoms with E-state index in [2.05, 4.69) is 45.6 Å². The van der Waals surface area contributed by atoms with Gasteiger partial charge in [-0.15, -0.1) is 5.10 Å². The molecule has 0 bridgehead atoms. The molecule has 0 unspecified atom stereocenters. The third-order valence-corrected chi connectivity index (χ3v) is 3.89. The molecular weight excluding hydrogens is 238 g/mol. The van der Waals surface area contributed by atoms with Crippen molar-refractivity contribution in [3.05, 3.63) is 17.9 Å². The van der Waals surface area contributed by atoms with Crippen molar-refractivity contribution in [2.24, 2.45) is 0 Å². The van der Waals surface area contributed by atoms with Crippen molar-refractivity contribution in [2.75, 3.05) is 5.32 Å². The van der Waals surface area contributed by atoms with Gasteiger partial charge in [-0.3, -0.25) is 10.1 Å². The van der Waals surface area contributed by atoms with E-state index in [9.17, 15) is 4.79 Å². The maximum absolute atomic E-state index is 11.7. The second-order valence-corrected chi connectivity index (χ2v) is 9.60. The van der Waals surface area contributed by atoms with E-state index < -0.39 is 8.07 Å². The van der Waals surface area contributed by atoms with Crippen LogP contribution in [0, 0.1) is 0 Å². The number of H-pyrrole nitrogens is 1. The van der Waals surface area contributed by atoms with Gasteiger partial charge in [-0.2, -0.15) is 5.21 Å². The van der Waals surface area contributed by atoms with Gasteiger partial charge in [0, 0.05) is 0 Å². The van der Waals surface area contributed by atoms with Gasteiger partial charge in [-0.25, -0.2) is 0 Å². The lowest BCUT2D eigenvalue weighted by Gasteiger charge is -2.10. The van der Waals surface area contributed by atoms with E-state index in [1.807, 2.05) is 6.07 Å². The van der Waals surface area contributed by atoms with Gasteiger partial charge in [0.1, 0.15) is 8.07 Å². The molecule has 0 aliphatic heterocycles. The standard InChI is InChI=1S/C9H13N5O2Si/c1-17(2,3)7-5-4-6(16-7)8(15)10-9-11-13-14-12-9/h4-5H,1-3H3,(H2,10,11,12,13,14,15). The first kappa shape index (κ1) is 11.5. The monoisotopic (exact) mass is 251 g/mol. The molecule has 8 heteroatoms. The molecule has 1 amide bonds. The summed E-state index contributed by atoms with van der Waals surface area (Å²) in [5.74, 6) is 0.00378. The highest BCUT2D eigenvalue weighted by molar-refractivity contribution is 6.87. The quantitative estimate of drug-likeness (QED) is 0.778. The molecule has 2 N–H and O–H groups in total. The van der Waals surface area contributed by atoms with E-state index in [1.54, 1.807) is 6.07 Å². The molecule has 0 aliphatic carbocycles. The number of aromatic amines is 1. The Morgan fingerprint density at radius 2 is 2.18 bits per heavy atom. The first-order chi connectivity index (χ1) is 7.97. The van der Waals surface area contributed by atoms with Crippen molar-refractivity contribution >= 4 is 25.3 Å². The van der Waals surface area contributed by atoms with E-state index in [1.165, 1.54) is 0 Å². The zero-order chi connectivity index (χ0) is 12.5. The highest BCUT2D eigenvalue weighted by Gasteiger charge is 2.23. The molecule has 0 radical (unpaired) electrons. The van der Waals surface area contributed by atoms with Crippen LogP contribution in [-0.2, 0) is 0 Å². The van der Waals surface area contributed by atoms with Crippen LogP contribution in [0.1, 0.15) is 10.6 Å². The second-order valence-electron chi connectivity index (χ2n) is 4.60. The molecule has 0 spiro atoms. The Kier molecular flexibility index (Phi) is 2.80. The van der Waals surface area contributed by atoms with Crippen molar-refractivity contribution in [2.45, 2.75) is 19.6 Å². The summed E-state index contributed by atoms with van der Waals surface area (Å²) < 4.78 is 5.52. The Hall–Kier alpha value is -1.96. The predicted molar refractivity (Wildman–Crippen MR) is 63.8 cm³/mol. The first-order valence-electron chi connectivity index (χ1n) is 5.12. The number of rotatable bonds is 3. The molecule has 0 saturated heterocycles. The Bertz CT molecular complexity index is 514. The van der Waals surface area contributed by atoms with Crippen molar-refractivity contribution in [3.8, 4) is 0 Å². The molecule has 0 aromatic carbocycles. The molecule has 2 rings (SSSR count). The average Bonchev–Trinajstić information content (AvgIpc) is 2.85. The summed E-state index contributed by atoms with van der Waals surface area (Å²) in [5, 5.41) is 16.2. The second kappa shape index (κ2) is 4.13. The molecule has 0 saturated carbocycles. The average molecular weight is 251 g/mol. The van der Waals surface area contributed by atoms with E-state index in [0.29, 0.717) is 0 Å². The summed E-state index contributed by atoms with van der Waals surface area (Å²) in [4.78, 5) is 11.7. The SMILES string of the molecule is C[Si](C)(C)c1ccc(C(=O)Nc2nn[nH]n2)o1. The number of amides is 1. The third kappa shape index (κ3) is 2.59. The molecule has 17 heavy (non-hydrogen) atoms. The molecule has 0 fully saturated rings. The summed E-state index contributed by atoms with van der Waals surface area (Å²) in [7, 11) is -1.53. The third-order valence-electron chi connectivity index (χ3n) is 2.14. The van der Waals surface area contributed by atoms with Gasteiger partial charge in [-0.1, -0.05) is 24.7 Å². The fraction of sp³-hybridized carbons (Fsp3) is 0.333. The Morgan fingerprint density at radius 1 is 1.41 bits per heavy atom. The number of aromatic nitrogens is 4. The van der Waals surface area contributed by atoms with Crippen LogP contribution < -0.4 is 10.7 Å². The number of nitrogens with zero attached hydrogens (tertiary/aromatic N) is 3. The van der Waals surface area contributed by atoms with Crippen LogP contribution in [0.4, 0.5) is 5.95 Å². The van der Waals surface area contributed by atoms with Gasteiger partial charge in [0.05, 0.1) is 5.38 Å². The number of tetrazole rings is 1. The topological polar surface area (TPSA) is 96.7 Å². The van der Waals surface area contributed by atoms with E-state index in [0.717, 1.165) is 5.38 Å². The van der Waals surface area contributed by atoms with Crippen LogP contribution in [0.3, 0.4) is 0 Å². The smallest absolute Gasteiger partial charge is 0.293 e. The maximum Gasteiger partial charge on any atom is 0.293 e. The summed E-state index contributed by atoms with van der Waals surface area (Å²) in [6, 6.07) is 3.50. The van der Waals surface area contributed by atoms with Gasteiger partial charge in [0.25, 0.3) is 11.9 Å². The van der Waals surface area contributed by atoms with Gasteiger partial charge < -0.3 is 4.42 Å². The van der Waals surface area contributed by atoms with Gasteiger partial charge in [0.15, 0.2) is 5.76 Å². The van der Waals surface area contributed by atoms with Crippen molar-refractivity contribution < 1.29 is 9.21 Å². The molecule has 7 nitrogen and oxygen atoms in total. The minimum atomic E-state index is -1.53. The molecule has 0 aliphatic rings. The fourth-order valence-corrected chi connectivity index (χ4v) is 2.24. The maximum atomic E-state index is 11.7. The van der Waals surface area contributed by atoms with Crippen LogP contribution in [0.15, 0.2) is 16.5 Å². The molecule has 2 heterocycles. The number of hydrogen-bond acceptors (Lipinski definition) is 5. The lowest BCUT2D eigenvalue weighted by molar-refractivity contribution is 0.0997. The van der Waals surface area contributed by atoms with Gasteiger partial charge in [0.2, 0.25) is 0 Å². The Balaban J connectivity index is 2.13. The van der Waals surface area contributed by atoms with Crippen molar-refractivity contribution in [1.29, 1.82) is 0 Å². The number of hydrogen-bond donors (Lipinski definition) is 2. The zero-order valence-corrected chi connectivity index (χ0v) is 10.8. The molecule has 0 atom stereocenters. The zero-order valence-electron chi connectivity index (χ0n) is 9.81. The largest absolute Gasteiger partial charge is 0.461 e. The Labute approximate surface area is 98.6 Å². The van der Waals surface area contributed by atoms with Crippen LogP contribution in [0.25, 0.3) is 0 Å². The number of anilines is 1. The van der Waals surface area contributed by atoms with Crippen molar-refractivity contribution in [1.82, 2.24) is 20.6 Å². The van der Waals surface area contributed by atoms with Crippen LogP contribution in [-0.4, -0.2) is 34.6 Å². The number of furan rings is 1. The first-order valence-corrected chi connectivity index (χ1v) is 8.62. The van der Waals surface area contributed by atoms with E-state index in [-0.39, 0.29) is 17.6 Å². The molecule has 2 aromatic heterocycles. The molecule has 2 aromatic rings. The molecule has 90 valence electrons. The summed E-state index contributed by atoms with van der Waals surface area (Å²) in [6.45, 7) is 6.44. The molecular formula is C9H13N5O2Si. The minimum Gasteiger partial charge on any atom is -0.461 e. The fourth-order valence-electron chi connectivity index (χ4n) is 1.24. The number of carbonyl (C=O) groups is 1. The summed E-state index contributed by atoms with van der Waals surface area (Å²) >= 11 is 0. The van der Waals surface area contributed by atoms with E-state index in [4.69, 9.17) is 4.42 Å². The summed E-state index contributed by atoms with van der Waals surface area (Å²) in [5.41, 5.74) is 0. The minimum absolute atomic E-state index is 0.126. The van der Waals surface area contributed by atoms with Crippen molar-refractivity contribution in [3.63, 3.8) is 0 Å². The predicted octanol–water partition coefficient (Wildman–Crippen LogP) is 0.590. The van der Waals surface area contributed by atoms with Crippen LogP contribution in [0.2, 0.25) is 19.6 Å². The van der Waals surface area contributed by atoms with Gasteiger partial charge >= 0.3 is 0 Å². The highest BCUT2D eigenvalue weighted by Crippen LogP contribution is 2.08. The normalized spacial score (nSPS) is 11.5. The van der Waals surface area contributed by atoms with Gasteiger partial charge in [-0.05, 0) is 17.3 Å². The highest BCUT2D eigenvalue weighted by atomic mass is 28.3. The van der Waals surface area contributed by atoms with Crippen LogP contribution >= 0.6 is 0 Å². The van der Waals surface area contributed by atoms with E-state index >= 15 is 0 Å². The number of carbonyl (C=O) groups excluding carboxylic acids is 1.